The fourth-order valence-corrected chi connectivity index (χ4v) is 2.44. The molecule has 0 bridgehead atoms. The standard InChI is InChI=1S/C19H17NO5/c1-22-17-10-14-15(11-18(17)23-2)20-9-8-16(14)25-13-6-4-12(5-7-13)19(21)24-3/h4-11H,1-3H3. The molecule has 0 atom stereocenters. The summed E-state index contributed by atoms with van der Waals surface area (Å²) in [5.41, 5.74) is 1.18. The van der Waals surface area contributed by atoms with Gasteiger partial charge in [0, 0.05) is 17.6 Å². The Hall–Kier alpha value is -3.28. The van der Waals surface area contributed by atoms with Crippen molar-refractivity contribution in [3.8, 4) is 23.0 Å². The van der Waals surface area contributed by atoms with Crippen LogP contribution in [0.3, 0.4) is 0 Å². The summed E-state index contributed by atoms with van der Waals surface area (Å²) in [6.45, 7) is 0. The van der Waals surface area contributed by atoms with E-state index in [1.165, 1.54) is 7.11 Å². The largest absolute Gasteiger partial charge is 0.493 e. The Balaban J connectivity index is 1.97. The number of esters is 1. The number of carbonyl (C=O) groups excluding carboxylic acids is 1. The summed E-state index contributed by atoms with van der Waals surface area (Å²) in [6.07, 6.45) is 1.66. The van der Waals surface area contributed by atoms with Gasteiger partial charge < -0.3 is 18.9 Å². The first-order chi connectivity index (χ1) is 12.2. The average molecular weight is 339 g/mol. The van der Waals surface area contributed by atoms with Gasteiger partial charge in [-0.1, -0.05) is 0 Å². The van der Waals surface area contributed by atoms with Crippen LogP contribution in [0.5, 0.6) is 23.0 Å². The fraction of sp³-hybridized carbons (Fsp3) is 0.158. The molecular formula is C19H17NO5. The van der Waals surface area contributed by atoms with Gasteiger partial charge in [0.05, 0.1) is 32.4 Å². The molecule has 0 unspecified atom stereocenters. The smallest absolute Gasteiger partial charge is 0.337 e. The van der Waals surface area contributed by atoms with Crippen LogP contribution in [0.1, 0.15) is 10.4 Å². The van der Waals surface area contributed by atoms with Crippen LogP contribution in [-0.4, -0.2) is 32.3 Å². The van der Waals surface area contributed by atoms with Crippen molar-refractivity contribution in [1.82, 2.24) is 4.98 Å². The van der Waals surface area contributed by atoms with E-state index in [2.05, 4.69) is 9.72 Å². The van der Waals surface area contributed by atoms with Crippen LogP contribution in [0.4, 0.5) is 0 Å². The molecule has 1 aromatic heterocycles. The van der Waals surface area contributed by atoms with Crippen molar-refractivity contribution < 1.29 is 23.7 Å². The highest BCUT2D eigenvalue weighted by molar-refractivity contribution is 5.90. The number of hydrogen-bond acceptors (Lipinski definition) is 6. The fourth-order valence-electron chi connectivity index (χ4n) is 2.44. The van der Waals surface area contributed by atoms with Crippen molar-refractivity contribution >= 4 is 16.9 Å². The summed E-state index contributed by atoms with van der Waals surface area (Å²) >= 11 is 0. The molecule has 0 spiro atoms. The van der Waals surface area contributed by atoms with Crippen LogP contribution < -0.4 is 14.2 Å². The van der Waals surface area contributed by atoms with Gasteiger partial charge in [0.25, 0.3) is 0 Å². The normalized spacial score (nSPS) is 10.4. The third kappa shape index (κ3) is 3.33. The van der Waals surface area contributed by atoms with E-state index in [0.717, 1.165) is 10.9 Å². The van der Waals surface area contributed by atoms with Gasteiger partial charge in [-0.2, -0.15) is 0 Å². The number of methoxy groups -OCH3 is 3. The highest BCUT2D eigenvalue weighted by Crippen LogP contribution is 2.36. The number of hydrogen-bond donors (Lipinski definition) is 0. The Morgan fingerprint density at radius 1 is 0.880 bits per heavy atom. The molecule has 6 heteroatoms. The van der Waals surface area contributed by atoms with E-state index >= 15 is 0 Å². The molecule has 0 saturated carbocycles. The quantitative estimate of drug-likeness (QED) is 0.658. The van der Waals surface area contributed by atoms with Crippen LogP contribution in [0.2, 0.25) is 0 Å². The lowest BCUT2D eigenvalue weighted by Crippen LogP contribution is -2.00. The lowest BCUT2D eigenvalue weighted by Gasteiger charge is -2.12. The van der Waals surface area contributed by atoms with Crippen molar-refractivity contribution in [2.45, 2.75) is 0 Å². The first-order valence-electron chi connectivity index (χ1n) is 7.53. The minimum atomic E-state index is -0.391. The van der Waals surface area contributed by atoms with Crippen molar-refractivity contribution in [3.63, 3.8) is 0 Å². The van der Waals surface area contributed by atoms with E-state index in [1.807, 2.05) is 6.07 Å². The number of pyridine rings is 1. The predicted octanol–water partition coefficient (Wildman–Crippen LogP) is 3.83. The molecule has 0 aliphatic rings. The van der Waals surface area contributed by atoms with E-state index < -0.39 is 5.97 Å². The summed E-state index contributed by atoms with van der Waals surface area (Å²) in [7, 11) is 4.50. The van der Waals surface area contributed by atoms with Crippen LogP contribution >= 0.6 is 0 Å². The second kappa shape index (κ2) is 7.09. The maximum Gasteiger partial charge on any atom is 0.337 e. The van der Waals surface area contributed by atoms with E-state index in [1.54, 1.807) is 56.8 Å². The zero-order valence-corrected chi connectivity index (χ0v) is 14.1. The Morgan fingerprint density at radius 3 is 2.20 bits per heavy atom. The molecule has 0 fully saturated rings. The molecular weight excluding hydrogens is 322 g/mol. The van der Waals surface area contributed by atoms with E-state index in [-0.39, 0.29) is 0 Å². The summed E-state index contributed by atoms with van der Waals surface area (Å²) in [5.74, 6) is 2.01. The number of rotatable bonds is 5. The van der Waals surface area contributed by atoms with Gasteiger partial charge in [-0.05, 0) is 36.4 Å². The Kier molecular flexibility index (Phi) is 4.70. The van der Waals surface area contributed by atoms with Crippen LogP contribution in [-0.2, 0) is 4.74 Å². The highest BCUT2D eigenvalue weighted by Gasteiger charge is 2.12. The number of fused-ring (bicyclic) bond motifs is 1. The molecule has 3 rings (SSSR count). The molecule has 0 radical (unpaired) electrons. The zero-order chi connectivity index (χ0) is 17.8. The molecule has 1 heterocycles. The van der Waals surface area contributed by atoms with Crippen molar-refractivity contribution in [2.24, 2.45) is 0 Å². The first kappa shape index (κ1) is 16.6. The second-order valence-corrected chi connectivity index (χ2v) is 5.15. The lowest BCUT2D eigenvalue weighted by molar-refractivity contribution is 0.0600. The Bertz CT molecular complexity index is 906. The maximum atomic E-state index is 11.5. The summed E-state index contributed by atoms with van der Waals surface area (Å²) < 4.78 is 21.3. The molecule has 25 heavy (non-hydrogen) atoms. The number of ether oxygens (including phenoxy) is 4. The molecule has 0 N–H and O–H groups in total. The summed E-state index contributed by atoms with van der Waals surface area (Å²) in [5, 5.41) is 0.789. The topological polar surface area (TPSA) is 66.9 Å². The molecule has 0 amide bonds. The van der Waals surface area contributed by atoms with Gasteiger partial charge in [-0.15, -0.1) is 0 Å². The summed E-state index contributed by atoms with van der Waals surface area (Å²) in [4.78, 5) is 15.8. The van der Waals surface area contributed by atoms with Gasteiger partial charge in [0.15, 0.2) is 11.5 Å². The van der Waals surface area contributed by atoms with Gasteiger partial charge in [-0.25, -0.2) is 4.79 Å². The maximum absolute atomic E-state index is 11.5. The SMILES string of the molecule is COC(=O)c1ccc(Oc2ccnc3cc(OC)c(OC)cc23)cc1. The Labute approximate surface area is 144 Å². The molecule has 0 aliphatic carbocycles. The van der Waals surface area contributed by atoms with Gasteiger partial charge in [-0.3, -0.25) is 4.98 Å². The second-order valence-electron chi connectivity index (χ2n) is 5.15. The van der Waals surface area contributed by atoms with Gasteiger partial charge in [0.1, 0.15) is 11.5 Å². The number of benzene rings is 2. The first-order valence-corrected chi connectivity index (χ1v) is 7.53. The molecule has 2 aromatic carbocycles. The monoisotopic (exact) mass is 339 g/mol. The predicted molar refractivity (Wildman–Crippen MR) is 92.7 cm³/mol. The van der Waals surface area contributed by atoms with Crippen LogP contribution in [0.15, 0.2) is 48.7 Å². The number of aromatic nitrogens is 1. The zero-order valence-electron chi connectivity index (χ0n) is 14.1. The minimum Gasteiger partial charge on any atom is -0.493 e. The third-order valence-corrected chi connectivity index (χ3v) is 3.71. The third-order valence-electron chi connectivity index (χ3n) is 3.71. The van der Waals surface area contributed by atoms with E-state index in [4.69, 9.17) is 14.2 Å². The van der Waals surface area contributed by atoms with Crippen LogP contribution in [0, 0.1) is 0 Å². The lowest BCUT2D eigenvalue weighted by atomic mass is 10.1. The molecule has 0 aliphatic heterocycles. The van der Waals surface area contributed by atoms with E-state index in [9.17, 15) is 4.79 Å². The molecule has 6 nitrogen and oxygen atoms in total. The summed E-state index contributed by atoms with van der Waals surface area (Å²) in [6, 6.07) is 12.1. The average Bonchev–Trinajstić information content (AvgIpc) is 2.67. The van der Waals surface area contributed by atoms with Crippen molar-refractivity contribution in [1.29, 1.82) is 0 Å². The molecule has 128 valence electrons. The van der Waals surface area contributed by atoms with Crippen LogP contribution in [0.25, 0.3) is 10.9 Å². The molecule has 0 saturated heterocycles. The van der Waals surface area contributed by atoms with E-state index in [0.29, 0.717) is 28.6 Å². The minimum absolute atomic E-state index is 0.391. The number of nitrogens with zero attached hydrogens (tertiary/aromatic N) is 1. The number of carbonyl (C=O) groups is 1. The van der Waals surface area contributed by atoms with Crippen molar-refractivity contribution in [3.05, 3.63) is 54.2 Å². The highest BCUT2D eigenvalue weighted by atomic mass is 16.5. The van der Waals surface area contributed by atoms with Gasteiger partial charge >= 0.3 is 5.97 Å². The van der Waals surface area contributed by atoms with Gasteiger partial charge in [0.2, 0.25) is 0 Å². The van der Waals surface area contributed by atoms with Crippen molar-refractivity contribution in [2.75, 3.05) is 21.3 Å². The Morgan fingerprint density at radius 2 is 1.56 bits per heavy atom. The molecule has 3 aromatic rings.